The van der Waals surface area contributed by atoms with Crippen LogP contribution < -0.4 is 16.0 Å². The summed E-state index contributed by atoms with van der Waals surface area (Å²) in [5, 5.41) is 0. The number of alkyl halides is 3. The number of carbonyl (C=O) groups is 1. The molecule has 2 heterocycles. The van der Waals surface area contributed by atoms with E-state index in [0.717, 1.165) is 32.0 Å². The Morgan fingerprint density at radius 3 is 2.59 bits per heavy atom. The Morgan fingerprint density at radius 1 is 1.31 bits per heavy atom. The molecule has 156 valence electrons. The lowest BCUT2D eigenvalue weighted by Gasteiger charge is -2.29. The van der Waals surface area contributed by atoms with Gasteiger partial charge in [-0.2, -0.15) is 13.2 Å². The summed E-state index contributed by atoms with van der Waals surface area (Å²) in [4.78, 5) is 27.1. The van der Waals surface area contributed by atoms with Crippen LogP contribution in [0.4, 0.5) is 13.2 Å². The van der Waals surface area contributed by atoms with Crippen molar-refractivity contribution in [2.75, 3.05) is 26.7 Å². The number of hydrogen-bond donors (Lipinski definition) is 2. The summed E-state index contributed by atoms with van der Waals surface area (Å²) in [5.74, 6) is -0.156. The number of aromatic amines is 1. The van der Waals surface area contributed by atoms with Gasteiger partial charge in [0.05, 0.1) is 6.61 Å². The molecule has 1 aromatic carbocycles. The molecule has 0 aliphatic carbocycles. The first kappa shape index (κ1) is 20.9. The number of carbonyl (C=O) groups excluding carboxylic acids is 1. The fraction of sp³-hybridized carbons (Fsp3) is 0.400. The smallest absolute Gasteiger partial charge is 0.431 e. The summed E-state index contributed by atoms with van der Waals surface area (Å²) in [6, 6.07) is 6.91. The highest BCUT2D eigenvalue weighted by Gasteiger charge is 2.36. The molecule has 1 aliphatic heterocycles. The van der Waals surface area contributed by atoms with Crippen LogP contribution >= 0.6 is 0 Å². The molecular formula is C20H22F3N3O3. The molecule has 3 N–H and O–H groups in total. The number of amides is 1. The van der Waals surface area contributed by atoms with E-state index in [0.29, 0.717) is 18.3 Å². The van der Waals surface area contributed by atoms with Gasteiger partial charge in [0.25, 0.3) is 11.5 Å². The second-order valence-corrected chi connectivity index (χ2v) is 7.27. The zero-order chi connectivity index (χ0) is 21.2. The van der Waals surface area contributed by atoms with Crippen molar-refractivity contribution in [2.45, 2.75) is 19.0 Å². The van der Waals surface area contributed by atoms with Gasteiger partial charge in [0.15, 0.2) is 0 Å². The first-order valence-corrected chi connectivity index (χ1v) is 9.21. The van der Waals surface area contributed by atoms with Gasteiger partial charge in [0.2, 0.25) is 0 Å². The predicted octanol–water partition coefficient (Wildman–Crippen LogP) is 2.88. The normalized spacial score (nSPS) is 17.9. The van der Waals surface area contributed by atoms with E-state index in [9.17, 15) is 22.8 Å². The van der Waals surface area contributed by atoms with Crippen LogP contribution in [-0.4, -0.2) is 42.5 Å². The molecule has 0 saturated carbocycles. The second kappa shape index (κ2) is 8.28. The number of ether oxygens (including phenoxy) is 1. The fourth-order valence-corrected chi connectivity index (χ4v) is 3.52. The van der Waals surface area contributed by atoms with Crippen LogP contribution in [0.2, 0.25) is 0 Å². The summed E-state index contributed by atoms with van der Waals surface area (Å²) in [6.07, 6.45) is -2.62. The van der Waals surface area contributed by atoms with Crippen molar-refractivity contribution >= 4 is 5.91 Å². The molecule has 9 heteroatoms. The molecule has 1 aliphatic rings. The Kier molecular flexibility index (Phi) is 5.97. The summed E-state index contributed by atoms with van der Waals surface area (Å²) in [5.41, 5.74) is 2.02. The lowest BCUT2D eigenvalue weighted by molar-refractivity contribution is -0.140. The van der Waals surface area contributed by atoms with Crippen LogP contribution in [0.5, 0.6) is 5.75 Å². The highest BCUT2D eigenvalue weighted by molar-refractivity contribution is 5.93. The maximum atomic E-state index is 13.4. The minimum absolute atomic E-state index is 0.181. The summed E-state index contributed by atoms with van der Waals surface area (Å²) >= 11 is 0. The van der Waals surface area contributed by atoms with E-state index in [1.165, 1.54) is 12.1 Å². The Hall–Kier alpha value is -2.81. The van der Waals surface area contributed by atoms with Gasteiger partial charge in [0.1, 0.15) is 17.0 Å². The van der Waals surface area contributed by atoms with Gasteiger partial charge in [-0.25, -0.2) is 0 Å². The second-order valence-electron chi connectivity index (χ2n) is 7.27. The summed E-state index contributed by atoms with van der Waals surface area (Å²) in [6.45, 7) is 2.54. The van der Waals surface area contributed by atoms with E-state index in [-0.39, 0.29) is 11.1 Å². The number of hydrogen-bond acceptors (Lipinski definition) is 4. The van der Waals surface area contributed by atoms with Gasteiger partial charge >= 0.3 is 6.18 Å². The Balaban J connectivity index is 1.84. The Labute approximate surface area is 165 Å². The van der Waals surface area contributed by atoms with Crippen LogP contribution in [0.3, 0.4) is 0 Å². The molecule has 1 fully saturated rings. The molecular weight excluding hydrogens is 387 g/mol. The number of pyridine rings is 1. The monoisotopic (exact) mass is 409 g/mol. The molecule has 2 aromatic rings. The molecule has 1 aromatic heterocycles. The van der Waals surface area contributed by atoms with Crippen molar-refractivity contribution in [1.82, 2.24) is 9.88 Å². The van der Waals surface area contributed by atoms with Gasteiger partial charge in [-0.1, -0.05) is 12.1 Å². The quantitative estimate of drug-likeness (QED) is 0.795. The van der Waals surface area contributed by atoms with Crippen molar-refractivity contribution in [3.63, 3.8) is 0 Å². The van der Waals surface area contributed by atoms with Crippen LogP contribution in [0, 0.1) is 5.92 Å². The van der Waals surface area contributed by atoms with Crippen molar-refractivity contribution in [3.05, 3.63) is 51.9 Å². The highest BCUT2D eigenvalue weighted by atomic mass is 19.4. The third kappa shape index (κ3) is 4.97. The third-order valence-electron chi connectivity index (χ3n) is 4.96. The van der Waals surface area contributed by atoms with E-state index in [1.54, 1.807) is 17.1 Å². The van der Waals surface area contributed by atoms with Crippen LogP contribution in [0.25, 0.3) is 11.1 Å². The average molecular weight is 409 g/mol. The average Bonchev–Trinajstić information content (AvgIpc) is 2.66. The van der Waals surface area contributed by atoms with E-state index in [4.69, 9.17) is 10.5 Å². The number of primary amides is 1. The maximum Gasteiger partial charge on any atom is 0.431 e. The molecule has 1 saturated heterocycles. The molecule has 3 rings (SSSR count). The Morgan fingerprint density at radius 2 is 2.00 bits per heavy atom. The van der Waals surface area contributed by atoms with Gasteiger partial charge < -0.3 is 20.4 Å². The lowest BCUT2D eigenvalue weighted by Crippen LogP contribution is -2.34. The number of nitrogens with zero attached hydrogens (tertiary/aromatic N) is 1. The van der Waals surface area contributed by atoms with E-state index < -0.39 is 28.9 Å². The molecule has 1 amide bonds. The van der Waals surface area contributed by atoms with Gasteiger partial charge in [-0.15, -0.1) is 0 Å². The molecule has 0 spiro atoms. The zero-order valence-corrected chi connectivity index (χ0v) is 15.9. The Bertz CT molecular complexity index is 939. The van der Waals surface area contributed by atoms with E-state index >= 15 is 0 Å². The number of halogens is 3. The van der Waals surface area contributed by atoms with Crippen molar-refractivity contribution in [2.24, 2.45) is 11.7 Å². The third-order valence-corrected chi connectivity index (χ3v) is 4.96. The summed E-state index contributed by atoms with van der Waals surface area (Å²) < 4.78 is 45.9. The van der Waals surface area contributed by atoms with Gasteiger partial charge in [-0.05, 0) is 50.2 Å². The molecule has 1 unspecified atom stereocenters. The number of piperidine rings is 1. The highest BCUT2D eigenvalue weighted by Crippen LogP contribution is 2.35. The van der Waals surface area contributed by atoms with E-state index in [2.05, 4.69) is 11.9 Å². The van der Waals surface area contributed by atoms with E-state index in [1.807, 2.05) is 0 Å². The number of likely N-dealkylation sites (tertiary alicyclic amines) is 1. The number of nitrogens with one attached hydrogen (secondary N) is 1. The van der Waals surface area contributed by atoms with Crippen LogP contribution in [-0.2, 0) is 6.18 Å². The largest absolute Gasteiger partial charge is 0.493 e. The maximum absolute atomic E-state index is 13.4. The number of aromatic nitrogens is 1. The minimum atomic E-state index is -4.80. The number of rotatable bonds is 5. The fourth-order valence-electron chi connectivity index (χ4n) is 3.52. The van der Waals surface area contributed by atoms with Crippen LogP contribution in [0.1, 0.15) is 28.9 Å². The molecule has 29 heavy (non-hydrogen) atoms. The topological polar surface area (TPSA) is 88.4 Å². The zero-order valence-electron chi connectivity index (χ0n) is 15.9. The molecule has 1 atom stereocenters. The molecule has 6 nitrogen and oxygen atoms in total. The number of benzene rings is 1. The van der Waals surface area contributed by atoms with Crippen LogP contribution in [0.15, 0.2) is 35.1 Å². The molecule has 0 radical (unpaired) electrons. The SMILES string of the molecule is CN1CCCC(COc2ccc(-c3cc(C(N)=O)c(=O)[nH]c3C(F)(F)F)cc2)C1. The predicted molar refractivity (Wildman–Crippen MR) is 102 cm³/mol. The summed E-state index contributed by atoms with van der Waals surface area (Å²) in [7, 11) is 2.06. The lowest BCUT2D eigenvalue weighted by atomic mass is 9.99. The van der Waals surface area contributed by atoms with Crippen molar-refractivity contribution < 1.29 is 22.7 Å². The van der Waals surface area contributed by atoms with Gasteiger partial charge in [-0.3, -0.25) is 9.59 Å². The number of nitrogens with two attached hydrogens (primary N) is 1. The van der Waals surface area contributed by atoms with Crippen molar-refractivity contribution in [3.8, 4) is 16.9 Å². The standard InChI is InChI=1S/C20H22F3N3O3/c1-26-8-2-3-12(10-26)11-29-14-6-4-13(5-7-14)15-9-16(18(24)27)19(28)25-17(15)20(21,22)23/h4-7,9,12H,2-3,8,10-11H2,1H3,(H2,24,27)(H,25,28). The minimum Gasteiger partial charge on any atom is -0.493 e. The first-order valence-electron chi connectivity index (χ1n) is 9.21. The molecule has 0 bridgehead atoms. The number of H-pyrrole nitrogens is 1. The van der Waals surface area contributed by atoms with Crippen molar-refractivity contribution in [1.29, 1.82) is 0 Å². The first-order chi connectivity index (χ1) is 13.6. The van der Waals surface area contributed by atoms with Gasteiger partial charge in [0, 0.05) is 18.0 Å².